The lowest BCUT2D eigenvalue weighted by Crippen LogP contribution is -2.07. The number of hydrogen-bond acceptors (Lipinski definition) is 2. The quantitative estimate of drug-likeness (QED) is 0.476. The van der Waals surface area contributed by atoms with Crippen molar-refractivity contribution in [3.05, 3.63) is 64.2 Å². The molecule has 0 radical (unpaired) electrons. The van der Waals surface area contributed by atoms with E-state index in [-0.39, 0.29) is 10.7 Å². The van der Waals surface area contributed by atoms with Crippen molar-refractivity contribution in [2.75, 3.05) is 0 Å². The van der Waals surface area contributed by atoms with Crippen LogP contribution in [0.15, 0.2) is 30.5 Å². The summed E-state index contributed by atoms with van der Waals surface area (Å²) < 4.78 is 39.2. The van der Waals surface area contributed by atoms with Crippen LogP contribution in [0.1, 0.15) is 15.9 Å². The molecule has 0 bridgehead atoms. The first kappa shape index (κ1) is 12.6. The number of benzene rings is 1. The zero-order valence-electron chi connectivity index (χ0n) is 8.75. The molecule has 1 heterocycles. The maximum atomic E-state index is 13.4. The predicted molar refractivity (Wildman–Crippen MR) is 59.0 cm³/mol. The van der Waals surface area contributed by atoms with Gasteiger partial charge >= 0.3 is 0 Å². The first-order valence-corrected chi connectivity index (χ1v) is 5.18. The van der Waals surface area contributed by atoms with Gasteiger partial charge in [-0.05, 0) is 24.3 Å². The summed E-state index contributed by atoms with van der Waals surface area (Å²) in [5, 5.41) is 0.0452. The van der Waals surface area contributed by atoms with Crippen molar-refractivity contribution in [1.29, 1.82) is 0 Å². The highest BCUT2D eigenvalue weighted by molar-refractivity contribution is 6.30. The Kier molecular flexibility index (Phi) is 3.34. The Morgan fingerprint density at radius 3 is 2.50 bits per heavy atom. The predicted octanol–water partition coefficient (Wildman–Crippen LogP) is 3.38. The number of aromatic nitrogens is 1. The Bertz CT molecular complexity index is 631. The molecule has 6 heteroatoms. The van der Waals surface area contributed by atoms with Crippen LogP contribution in [0.4, 0.5) is 13.2 Å². The maximum Gasteiger partial charge on any atom is 0.196 e. The van der Waals surface area contributed by atoms with E-state index in [1.54, 1.807) is 0 Å². The lowest BCUT2D eigenvalue weighted by Gasteiger charge is -2.04. The van der Waals surface area contributed by atoms with E-state index in [2.05, 4.69) is 4.98 Å². The monoisotopic (exact) mass is 271 g/mol. The third kappa shape index (κ3) is 2.22. The summed E-state index contributed by atoms with van der Waals surface area (Å²) >= 11 is 5.58. The Hall–Kier alpha value is -1.88. The zero-order valence-corrected chi connectivity index (χ0v) is 9.51. The molecule has 0 unspecified atom stereocenters. The van der Waals surface area contributed by atoms with Crippen LogP contribution in [-0.2, 0) is 0 Å². The van der Waals surface area contributed by atoms with Gasteiger partial charge in [-0.25, -0.2) is 18.2 Å². The van der Waals surface area contributed by atoms with Gasteiger partial charge in [0.1, 0.15) is 5.15 Å². The standard InChI is InChI=1S/C12H5ClF3NO/c13-9-5-6(3-4-17-9)12(18)7-1-2-8(14)11(16)10(7)15/h1-5H. The van der Waals surface area contributed by atoms with E-state index in [0.29, 0.717) is 6.07 Å². The van der Waals surface area contributed by atoms with Crippen LogP contribution in [-0.4, -0.2) is 10.8 Å². The molecular weight excluding hydrogens is 267 g/mol. The minimum absolute atomic E-state index is 0.0416. The third-order valence-corrected chi connectivity index (χ3v) is 2.48. The van der Waals surface area contributed by atoms with Crippen LogP contribution < -0.4 is 0 Å². The second-order valence-corrected chi connectivity index (χ2v) is 3.81. The van der Waals surface area contributed by atoms with E-state index < -0.39 is 28.8 Å². The van der Waals surface area contributed by atoms with E-state index in [4.69, 9.17) is 11.6 Å². The van der Waals surface area contributed by atoms with Gasteiger partial charge in [-0.15, -0.1) is 0 Å². The van der Waals surface area contributed by atoms with Gasteiger partial charge < -0.3 is 0 Å². The SMILES string of the molecule is O=C(c1ccnc(Cl)c1)c1ccc(F)c(F)c1F. The van der Waals surface area contributed by atoms with Crippen LogP contribution in [0.3, 0.4) is 0 Å². The Morgan fingerprint density at radius 2 is 1.83 bits per heavy atom. The van der Waals surface area contributed by atoms with Crippen molar-refractivity contribution in [2.24, 2.45) is 0 Å². The van der Waals surface area contributed by atoms with Crippen molar-refractivity contribution >= 4 is 17.4 Å². The number of halogens is 4. The average molecular weight is 272 g/mol. The largest absolute Gasteiger partial charge is 0.288 e. The molecule has 0 aliphatic rings. The summed E-state index contributed by atoms with van der Waals surface area (Å²) in [5.74, 6) is -5.35. The fourth-order valence-corrected chi connectivity index (χ4v) is 1.57. The van der Waals surface area contributed by atoms with Crippen molar-refractivity contribution in [2.45, 2.75) is 0 Å². The van der Waals surface area contributed by atoms with Crippen LogP contribution in [0.25, 0.3) is 0 Å². The molecule has 1 aromatic heterocycles. The number of hydrogen-bond donors (Lipinski definition) is 0. The molecule has 2 nitrogen and oxygen atoms in total. The summed E-state index contributed by atoms with van der Waals surface area (Å²) in [4.78, 5) is 15.5. The molecular formula is C12H5ClF3NO. The van der Waals surface area contributed by atoms with Crippen molar-refractivity contribution in [3.8, 4) is 0 Å². The highest BCUT2D eigenvalue weighted by atomic mass is 35.5. The molecule has 0 spiro atoms. The summed E-state index contributed by atoms with van der Waals surface area (Å²) in [7, 11) is 0. The Labute approximate surface area is 105 Å². The van der Waals surface area contributed by atoms with Crippen molar-refractivity contribution < 1.29 is 18.0 Å². The number of carbonyl (C=O) groups excluding carboxylic acids is 1. The van der Waals surface area contributed by atoms with Gasteiger partial charge in [0.05, 0.1) is 5.56 Å². The normalized spacial score (nSPS) is 10.4. The topological polar surface area (TPSA) is 30.0 Å². The Balaban J connectivity index is 2.50. The summed E-state index contributed by atoms with van der Waals surface area (Å²) in [5.41, 5.74) is -0.518. The average Bonchev–Trinajstić information content (AvgIpc) is 2.35. The van der Waals surface area contributed by atoms with E-state index in [0.717, 1.165) is 6.07 Å². The van der Waals surface area contributed by atoms with Crippen LogP contribution in [0, 0.1) is 17.5 Å². The molecule has 0 N–H and O–H groups in total. The van der Waals surface area contributed by atoms with Gasteiger partial charge in [-0.3, -0.25) is 4.79 Å². The molecule has 18 heavy (non-hydrogen) atoms. The Morgan fingerprint density at radius 1 is 1.11 bits per heavy atom. The van der Waals surface area contributed by atoms with Gasteiger partial charge in [0, 0.05) is 11.8 Å². The fraction of sp³-hybridized carbons (Fsp3) is 0. The highest BCUT2D eigenvalue weighted by Gasteiger charge is 2.20. The maximum absolute atomic E-state index is 13.4. The number of pyridine rings is 1. The van der Waals surface area contributed by atoms with Crippen molar-refractivity contribution in [3.63, 3.8) is 0 Å². The molecule has 0 atom stereocenters. The van der Waals surface area contributed by atoms with Gasteiger partial charge in [-0.1, -0.05) is 11.6 Å². The molecule has 2 rings (SSSR count). The van der Waals surface area contributed by atoms with Crippen molar-refractivity contribution in [1.82, 2.24) is 4.98 Å². The second-order valence-electron chi connectivity index (χ2n) is 3.42. The van der Waals surface area contributed by atoms with E-state index in [9.17, 15) is 18.0 Å². The molecule has 0 saturated carbocycles. The third-order valence-electron chi connectivity index (χ3n) is 2.27. The van der Waals surface area contributed by atoms with Crippen LogP contribution in [0.2, 0.25) is 5.15 Å². The first-order valence-electron chi connectivity index (χ1n) is 4.80. The van der Waals surface area contributed by atoms with Gasteiger partial charge in [-0.2, -0.15) is 0 Å². The second kappa shape index (κ2) is 4.78. The fourth-order valence-electron chi connectivity index (χ4n) is 1.40. The van der Waals surface area contributed by atoms with Crippen LogP contribution >= 0.6 is 11.6 Å². The van der Waals surface area contributed by atoms with Gasteiger partial charge in [0.2, 0.25) is 0 Å². The minimum Gasteiger partial charge on any atom is -0.288 e. The summed E-state index contributed by atoms with van der Waals surface area (Å²) in [6, 6.07) is 4.08. The van der Waals surface area contributed by atoms with E-state index in [1.807, 2.05) is 0 Å². The first-order chi connectivity index (χ1) is 8.50. The minimum atomic E-state index is -1.68. The molecule has 0 aliphatic heterocycles. The molecule has 0 amide bonds. The van der Waals surface area contributed by atoms with E-state index >= 15 is 0 Å². The molecule has 92 valence electrons. The smallest absolute Gasteiger partial charge is 0.196 e. The lowest BCUT2D eigenvalue weighted by atomic mass is 10.0. The molecule has 1 aromatic carbocycles. The van der Waals surface area contributed by atoms with Gasteiger partial charge in [0.25, 0.3) is 0 Å². The van der Waals surface area contributed by atoms with E-state index in [1.165, 1.54) is 18.3 Å². The number of carbonyl (C=O) groups is 1. The summed E-state index contributed by atoms with van der Waals surface area (Å²) in [6.45, 7) is 0. The van der Waals surface area contributed by atoms with Crippen LogP contribution in [0.5, 0.6) is 0 Å². The highest BCUT2D eigenvalue weighted by Crippen LogP contribution is 2.19. The number of nitrogens with zero attached hydrogens (tertiary/aromatic N) is 1. The zero-order chi connectivity index (χ0) is 13.3. The molecule has 0 saturated heterocycles. The number of ketones is 1. The summed E-state index contributed by atoms with van der Waals surface area (Å²) in [6.07, 6.45) is 1.26. The number of rotatable bonds is 2. The molecule has 2 aromatic rings. The molecule has 0 fully saturated rings. The molecule has 0 aliphatic carbocycles. The lowest BCUT2D eigenvalue weighted by molar-refractivity contribution is 0.103. The van der Waals surface area contributed by atoms with Gasteiger partial charge in [0.15, 0.2) is 23.2 Å².